The minimum atomic E-state index is -0.957. The van der Waals surface area contributed by atoms with E-state index in [-0.39, 0.29) is 23.7 Å². The maximum absolute atomic E-state index is 13.2. The summed E-state index contributed by atoms with van der Waals surface area (Å²) in [7, 11) is 4.40. The van der Waals surface area contributed by atoms with Crippen molar-refractivity contribution in [1.82, 2.24) is 0 Å². The standard InChI is InChI=1S/C21H21NO8/c1-5-28-21(24)30-17-11-15-13(8-9-29-15)19(27-4)18(17)20(23)22-14-7-6-12(25-2)10-16(14)26-3/h6-11H,5H2,1-4H3,(H,22,23). The van der Waals surface area contributed by atoms with E-state index < -0.39 is 12.1 Å². The van der Waals surface area contributed by atoms with E-state index in [1.54, 1.807) is 31.2 Å². The molecule has 0 bridgehead atoms. The van der Waals surface area contributed by atoms with Crippen LogP contribution in [-0.2, 0) is 4.74 Å². The Bertz CT molecular complexity index is 1070. The van der Waals surface area contributed by atoms with Crippen LogP contribution in [0.1, 0.15) is 17.3 Å². The van der Waals surface area contributed by atoms with Crippen LogP contribution < -0.4 is 24.3 Å². The fourth-order valence-corrected chi connectivity index (χ4v) is 2.89. The molecule has 0 atom stereocenters. The zero-order valence-electron chi connectivity index (χ0n) is 16.9. The van der Waals surface area contributed by atoms with E-state index in [9.17, 15) is 9.59 Å². The number of methoxy groups -OCH3 is 3. The van der Waals surface area contributed by atoms with Gasteiger partial charge in [-0.3, -0.25) is 4.79 Å². The predicted octanol–water partition coefficient (Wildman–Crippen LogP) is 4.25. The number of furan rings is 1. The monoisotopic (exact) mass is 415 g/mol. The number of hydrogen-bond acceptors (Lipinski definition) is 8. The molecule has 0 aliphatic rings. The molecule has 1 amide bonds. The summed E-state index contributed by atoms with van der Waals surface area (Å²) < 4.78 is 31.4. The molecule has 0 radical (unpaired) electrons. The molecule has 3 aromatic rings. The molecule has 3 rings (SSSR count). The summed E-state index contributed by atoms with van der Waals surface area (Å²) in [4.78, 5) is 25.1. The normalized spacial score (nSPS) is 10.4. The lowest BCUT2D eigenvalue weighted by Crippen LogP contribution is -2.18. The Morgan fingerprint density at radius 3 is 2.47 bits per heavy atom. The molecule has 158 valence electrons. The van der Waals surface area contributed by atoms with Gasteiger partial charge in [0.2, 0.25) is 0 Å². The largest absolute Gasteiger partial charge is 0.513 e. The molecular formula is C21H21NO8. The molecule has 0 unspecified atom stereocenters. The van der Waals surface area contributed by atoms with Gasteiger partial charge < -0.3 is 33.4 Å². The summed E-state index contributed by atoms with van der Waals surface area (Å²) in [5.41, 5.74) is 0.766. The Morgan fingerprint density at radius 2 is 1.80 bits per heavy atom. The number of anilines is 1. The Kier molecular flexibility index (Phi) is 6.31. The molecule has 30 heavy (non-hydrogen) atoms. The lowest BCUT2D eigenvalue weighted by Gasteiger charge is -2.16. The number of amides is 1. The fourth-order valence-electron chi connectivity index (χ4n) is 2.89. The number of nitrogens with one attached hydrogen (secondary N) is 1. The van der Waals surface area contributed by atoms with E-state index in [0.29, 0.717) is 28.2 Å². The van der Waals surface area contributed by atoms with E-state index in [1.807, 2.05) is 0 Å². The Labute approximate surface area is 172 Å². The molecule has 0 saturated carbocycles. The third-order valence-corrected chi connectivity index (χ3v) is 4.22. The van der Waals surface area contributed by atoms with Crippen LogP contribution in [0, 0.1) is 0 Å². The van der Waals surface area contributed by atoms with Crippen molar-refractivity contribution in [3.63, 3.8) is 0 Å². The van der Waals surface area contributed by atoms with Crippen LogP contribution in [0.3, 0.4) is 0 Å². The van der Waals surface area contributed by atoms with Gasteiger partial charge in [-0.2, -0.15) is 0 Å². The summed E-state index contributed by atoms with van der Waals surface area (Å²) in [5, 5.41) is 3.29. The van der Waals surface area contributed by atoms with E-state index in [1.165, 1.54) is 33.7 Å². The number of hydrogen-bond donors (Lipinski definition) is 1. The maximum atomic E-state index is 13.2. The molecule has 0 aliphatic heterocycles. The minimum Gasteiger partial charge on any atom is -0.497 e. The third kappa shape index (κ3) is 4.09. The number of fused-ring (bicyclic) bond motifs is 1. The van der Waals surface area contributed by atoms with Gasteiger partial charge in [-0.1, -0.05) is 0 Å². The first-order chi connectivity index (χ1) is 14.5. The molecule has 1 heterocycles. The van der Waals surface area contributed by atoms with Crippen LogP contribution in [0.2, 0.25) is 0 Å². The number of benzene rings is 2. The summed E-state index contributed by atoms with van der Waals surface area (Å²) in [6.07, 6.45) is 0.483. The summed E-state index contributed by atoms with van der Waals surface area (Å²) in [5.74, 6) is 0.480. The van der Waals surface area contributed by atoms with Crippen molar-refractivity contribution in [2.24, 2.45) is 0 Å². The van der Waals surface area contributed by atoms with Gasteiger partial charge in [0, 0.05) is 12.1 Å². The average Bonchev–Trinajstić information content (AvgIpc) is 3.21. The van der Waals surface area contributed by atoms with Crippen molar-refractivity contribution in [2.75, 3.05) is 33.3 Å². The van der Waals surface area contributed by atoms with Gasteiger partial charge in [0.05, 0.1) is 45.3 Å². The van der Waals surface area contributed by atoms with Crippen molar-refractivity contribution in [1.29, 1.82) is 0 Å². The van der Waals surface area contributed by atoms with Gasteiger partial charge in [0.25, 0.3) is 5.91 Å². The highest BCUT2D eigenvalue weighted by molar-refractivity contribution is 6.12. The van der Waals surface area contributed by atoms with Crippen LogP contribution in [-0.4, -0.2) is 40.0 Å². The van der Waals surface area contributed by atoms with Crippen LogP contribution in [0.15, 0.2) is 41.0 Å². The van der Waals surface area contributed by atoms with Gasteiger partial charge >= 0.3 is 6.16 Å². The van der Waals surface area contributed by atoms with Crippen molar-refractivity contribution in [2.45, 2.75) is 6.92 Å². The fraction of sp³-hybridized carbons (Fsp3) is 0.238. The average molecular weight is 415 g/mol. The van der Waals surface area contributed by atoms with Crippen LogP contribution >= 0.6 is 0 Å². The highest BCUT2D eigenvalue weighted by Gasteiger charge is 2.26. The molecule has 1 N–H and O–H groups in total. The van der Waals surface area contributed by atoms with Crippen molar-refractivity contribution >= 4 is 28.7 Å². The lowest BCUT2D eigenvalue weighted by atomic mass is 10.1. The Hall–Kier alpha value is -3.88. The van der Waals surface area contributed by atoms with E-state index in [0.717, 1.165) is 0 Å². The first-order valence-corrected chi connectivity index (χ1v) is 8.98. The summed E-state index contributed by atoms with van der Waals surface area (Å²) >= 11 is 0. The van der Waals surface area contributed by atoms with Crippen molar-refractivity contribution in [3.8, 4) is 23.0 Å². The van der Waals surface area contributed by atoms with Gasteiger partial charge in [-0.15, -0.1) is 0 Å². The molecular weight excluding hydrogens is 394 g/mol. The smallest absolute Gasteiger partial charge is 0.497 e. The first-order valence-electron chi connectivity index (χ1n) is 8.98. The molecule has 9 heteroatoms. The molecule has 2 aromatic carbocycles. The Balaban J connectivity index is 2.06. The molecule has 1 aromatic heterocycles. The van der Waals surface area contributed by atoms with Gasteiger partial charge in [-0.05, 0) is 25.1 Å². The highest BCUT2D eigenvalue weighted by Crippen LogP contribution is 2.39. The summed E-state index contributed by atoms with van der Waals surface area (Å²) in [6, 6.07) is 8.00. The number of rotatable bonds is 7. The zero-order chi connectivity index (χ0) is 21.7. The molecule has 0 saturated heterocycles. The molecule has 0 aliphatic carbocycles. The highest BCUT2D eigenvalue weighted by atomic mass is 16.7. The second kappa shape index (κ2) is 9.08. The third-order valence-electron chi connectivity index (χ3n) is 4.22. The van der Waals surface area contributed by atoms with Gasteiger partial charge in [-0.25, -0.2) is 4.79 Å². The van der Waals surface area contributed by atoms with E-state index in [2.05, 4.69) is 5.32 Å². The quantitative estimate of drug-likeness (QED) is 0.451. The predicted molar refractivity (Wildman–Crippen MR) is 108 cm³/mol. The van der Waals surface area contributed by atoms with Gasteiger partial charge in [0.1, 0.15) is 28.4 Å². The number of carbonyl (C=O) groups excluding carboxylic acids is 2. The van der Waals surface area contributed by atoms with E-state index in [4.69, 9.17) is 28.1 Å². The Morgan fingerprint density at radius 1 is 1.00 bits per heavy atom. The number of carbonyl (C=O) groups is 2. The van der Waals surface area contributed by atoms with Crippen LogP contribution in [0.5, 0.6) is 23.0 Å². The molecule has 0 fully saturated rings. The lowest BCUT2D eigenvalue weighted by molar-refractivity contribution is 0.0991. The second-order valence-electron chi connectivity index (χ2n) is 5.92. The number of ether oxygens (including phenoxy) is 5. The molecule has 9 nitrogen and oxygen atoms in total. The van der Waals surface area contributed by atoms with Crippen molar-refractivity contribution in [3.05, 3.63) is 42.2 Å². The van der Waals surface area contributed by atoms with E-state index >= 15 is 0 Å². The second-order valence-corrected chi connectivity index (χ2v) is 5.92. The topological polar surface area (TPSA) is 105 Å². The van der Waals surface area contributed by atoms with Gasteiger partial charge in [0.15, 0.2) is 5.75 Å². The maximum Gasteiger partial charge on any atom is 0.513 e. The van der Waals surface area contributed by atoms with Crippen molar-refractivity contribution < 1.29 is 37.7 Å². The first kappa shape index (κ1) is 20.8. The SMILES string of the molecule is CCOC(=O)Oc1cc2occc2c(OC)c1C(=O)Nc1ccc(OC)cc1OC. The van der Waals surface area contributed by atoms with Crippen LogP contribution in [0.25, 0.3) is 11.0 Å². The molecule has 0 spiro atoms. The minimum absolute atomic E-state index is 0.00248. The van der Waals surface area contributed by atoms with Crippen LogP contribution in [0.4, 0.5) is 10.5 Å². The summed E-state index contributed by atoms with van der Waals surface area (Å²) in [6.45, 7) is 1.75. The zero-order valence-corrected chi connectivity index (χ0v) is 16.9.